The molecule has 4 rings (SSSR count). The Balaban J connectivity index is 1.38. The summed E-state index contributed by atoms with van der Waals surface area (Å²) >= 11 is 0. The minimum Gasteiger partial charge on any atom is -0.461 e. The molecule has 0 aliphatic carbocycles. The van der Waals surface area contributed by atoms with Gasteiger partial charge >= 0.3 is 0 Å². The molecular formula is C19H20N4O5S. The monoisotopic (exact) mass is 416 g/mol. The molecular weight excluding hydrogens is 396 g/mol. The van der Waals surface area contributed by atoms with E-state index in [0.717, 1.165) is 11.1 Å². The molecule has 0 spiro atoms. The SMILES string of the molecule is CS(=O)(=O)N1CCc2c(cccc2NC(=O)CCc2nc(-c3ccco3)no2)C1. The van der Waals surface area contributed by atoms with Crippen LogP contribution in [-0.2, 0) is 34.2 Å². The maximum atomic E-state index is 12.4. The number of aromatic nitrogens is 2. The molecule has 0 fully saturated rings. The second-order valence-electron chi connectivity index (χ2n) is 6.83. The van der Waals surface area contributed by atoms with Crippen LogP contribution < -0.4 is 5.32 Å². The van der Waals surface area contributed by atoms with Gasteiger partial charge in [-0.05, 0) is 35.7 Å². The number of sulfonamides is 1. The lowest BCUT2D eigenvalue weighted by Gasteiger charge is -2.28. The van der Waals surface area contributed by atoms with Crippen molar-refractivity contribution >= 4 is 21.6 Å². The third-order valence-corrected chi connectivity index (χ3v) is 6.00. The van der Waals surface area contributed by atoms with Crippen molar-refractivity contribution in [3.63, 3.8) is 0 Å². The largest absolute Gasteiger partial charge is 0.461 e. The Kier molecular flexibility index (Phi) is 5.20. The normalized spacial score (nSPS) is 14.5. The number of hydrogen-bond donors (Lipinski definition) is 1. The number of hydrogen-bond acceptors (Lipinski definition) is 7. The van der Waals surface area contributed by atoms with E-state index in [1.807, 2.05) is 18.2 Å². The van der Waals surface area contributed by atoms with E-state index in [9.17, 15) is 13.2 Å². The Morgan fingerprint density at radius 3 is 2.90 bits per heavy atom. The molecule has 152 valence electrons. The Morgan fingerprint density at radius 2 is 2.14 bits per heavy atom. The summed E-state index contributed by atoms with van der Waals surface area (Å²) in [6.07, 6.45) is 3.76. The number of furan rings is 1. The van der Waals surface area contributed by atoms with E-state index >= 15 is 0 Å². The fourth-order valence-corrected chi connectivity index (χ4v) is 4.08. The molecule has 1 aromatic carbocycles. The number of rotatable bonds is 6. The predicted octanol–water partition coefficient (Wildman–Crippen LogP) is 2.22. The predicted molar refractivity (Wildman–Crippen MR) is 104 cm³/mol. The van der Waals surface area contributed by atoms with Crippen LogP contribution in [0.4, 0.5) is 5.69 Å². The Hall–Kier alpha value is -2.98. The molecule has 0 atom stereocenters. The number of carbonyl (C=O) groups is 1. The number of anilines is 1. The van der Waals surface area contributed by atoms with Crippen LogP contribution >= 0.6 is 0 Å². The van der Waals surface area contributed by atoms with Crippen molar-refractivity contribution in [2.75, 3.05) is 18.1 Å². The van der Waals surface area contributed by atoms with Crippen LogP contribution in [0, 0.1) is 0 Å². The van der Waals surface area contributed by atoms with Crippen LogP contribution in [0.25, 0.3) is 11.6 Å². The third kappa shape index (κ3) is 4.38. The van der Waals surface area contributed by atoms with Gasteiger partial charge in [0.2, 0.25) is 27.6 Å². The van der Waals surface area contributed by atoms with Crippen molar-refractivity contribution < 1.29 is 22.2 Å². The Bertz CT molecular complexity index is 1120. The molecule has 3 aromatic rings. The van der Waals surface area contributed by atoms with E-state index in [1.54, 1.807) is 12.1 Å². The molecule has 0 saturated heterocycles. The fraction of sp³-hybridized carbons (Fsp3) is 0.316. The molecule has 0 bridgehead atoms. The van der Waals surface area contributed by atoms with Crippen molar-refractivity contribution in [1.82, 2.24) is 14.4 Å². The zero-order valence-electron chi connectivity index (χ0n) is 15.8. The highest BCUT2D eigenvalue weighted by Crippen LogP contribution is 2.27. The third-order valence-electron chi connectivity index (χ3n) is 4.75. The quantitative estimate of drug-likeness (QED) is 0.654. The number of fused-ring (bicyclic) bond motifs is 1. The highest BCUT2D eigenvalue weighted by molar-refractivity contribution is 7.88. The minimum atomic E-state index is -3.24. The van der Waals surface area contributed by atoms with Gasteiger partial charge in [-0.15, -0.1) is 0 Å². The van der Waals surface area contributed by atoms with E-state index in [1.165, 1.54) is 16.8 Å². The zero-order valence-corrected chi connectivity index (χ0v) is 16.6. The summed E-state index contributed by atoms with van der Waals surface area (Å²) in [6.45, 7) is 0.714. The molecule has 0 saturated carbocycles. The Labute approximate surface area is 167 Å². The van der Waals surface area contributed by atoms with Crippen molar-refractivity contribution in [3.05, 3.63) is 53.6 Å². The number of amides is 1. The Morgan fingerprint density at radius 1 is 1.28 bits per heavy atom. The second kappa shape index (κ2) is 7.80. The van der Waals surface area contributed by atoms with Crippen LogP contribution in [-0.4, -0.2) is 41.6 Å². The van der Waals surface area contributed by atoms with Gasteiger partial charge < -0.3 is 14.3 Å². The summed E-state index contributed by atoms with van der Waals surface area (Å²) in [6, 6.07) is 8.98. The topological polar surface area (TPSA) is 119 Å². The maximum absolute atomic E-state index is 12.4. The summed E-state index contributed by atoms with van der Waals surface area (Å²) in [5.41, 5.74) is 2.58. The molecule has 10 heteroatoms. The van der Waals surface area contributed by atoms with Gasteiger partial charge in [0.05, 0.1) is 12.5 Å². The highest BCUT2D eigenvalue weighted by atomic mass is 32.2. The molecule has 0 radical (unpaired) electrons. The van der Waals surface area contributed by atoms with Crippen LogP contribution in [0.15, 0.2) is 45.5 Å². The average Bonchev–Trinajstić information content (AvgIpc) is 3.37. The summed E-state index contributed by atoms with van der Waals surface area (Å²) < 4.78 is 35.4. The summed E-state index contributed by atoms with van der Waals surface area (Å²) in [4.78, 5) is 16.6. The standard InChI is InChI=1S/C19H20N4O5S/c1-29(25,26)23-10-9-14-13(12-23)4-2-5-15(14)20-17(24)7-8-18-21-19(22-28-18)16-6-3-11-27-16/h2-6,11H,7-10,12H2,1H3,(H,20,24). The van der Waals surface area contributed by atoms with Gasteiger partial charge in [-0.25, -0.2) is 8.42 Å². The lowest BCUT2D eigenvalue weighted by atomic mass is 9.99. The first kappa shape index (κ1) is 19.3. The molecule has 1 N–H and O–H groups in total. The lowest BCUT2D eigenvalue weighted by molar-refractivity contribution is -0.116. The average molecular weight is 416 g/mol. The maximum Gasteiger partial charge on any atom is 0.238 e. The van der Waals surface area contributed by atoms with Crippen molar-refractivity contribution in [3.8, 4) is 11.6 Å². The number of benzene rings is 1. The molecule has 0 unspecified atom stereocenters. The van der Waals surface area contributed by atoms with Gasteiger partial charge in [-0.3, -0.25) is 4.79 Å². The van der Waals surface area contributed by atoms with E-state index in [4.69, 9.17) is 8.94 Å². The van der Waals surface area contributed by atoms with Crippen molar-refractivity contribution in [1.29, 1.82) is 0 Å². The first-order chi connectivity index (χ1) is 13.9. The van der Waals surface area contributed by atoms with Gasteiger partial charge in [0, 0.05) is 31.6 Å². The first-order valence-corrected chi connectivity index (χ1v) is 11.0. The molecule has 3 heterocycles. The lowest BCUT2D eigenvalue weighted by Crippen LogP contribution is -2.35. The van der Waals surface area contributed by atoms with Crippen LogP contribution in [0.2, 0.25) is 0 Å². The van der Waals surface area contributed by atoms with E-state index < -0.39 is 10.0 Å². The molecule has 1 aliphatic rings. The van der Waals surface area contributed by atoms with Crippen LogP contribution in [0.3, 0.4) is 0 Å². The molecule has 2 aromatic heterocycles. The summed E-state index contributed by atoms with van der Waals surface area (Å²) in [5, 5.41) is 6.75. The van der Waals surface area contributed by atoms with Crippen molar-refractivity contribution in [2.24, 2.45) is 0 Å². The number of nitrogens with one attached hydrogen (secondary N) is 1. The van der Waals surface area contributed by atoms with Gasteiger partial charge in [-0.1, -0.05) is 17.3 Å². The van der Waals surface area contributed by atoms with Gasteiger partial charge in [0.25, 0.3) is 0 Å². The van der Waals surface area contributed by atoms with Gasteiger partial charge in [-0.2, -0.15) is 9.29 Å². The van der Waals surface area contributed by atoms with Gasteiger partial charge in [0.15, 0.2) is 5.76 Å². The van der Waals surface area contributed by atoms with E-state index in [0.29, 0.717) is 49.1 Å². The number of aryl methyl sites for hydroxylation is 1. The smallest absolute Gasteiger partial charge is 0.238 e. The van der Waals surface area contributed by atoms with Crippen LogP contribution in [0.5, 0.6) is 0 Å². The summed E-state index contributed by atoms with van der Waals surface area (Å²) in [7, 11) is -3.24. The molecule has 1 aliphatic heterocycles. The molecule has 9 nitrogen and oxygen atoms in total. The number of nitrogens with zero attached hydrogens (tertiary/aromatic N) is 3. The number of carbonyl (C=O) groups excluding carboxylic acids is 1. The van der Waals surface area contributed by atoms with Gasteiger partial charge in [0.1, 0.15) is 0 Å². The molecule has 29 heavy (non-hydrogen) atoms. The zero-order chi connectivity index (χ0) is 20.4. The van der Waals surface area contributed by atoms with Crippen LogP contribution in [0.1, 0.15) is 23.4 Å². The minimum absolute atomic E-state index is 0.179. The highest BCUT2D eigenvalue weighted by Gasteiger charge is 2.25. The first-order valence-electron chi connectivity index (χ1n) is 9.12. The fourth-order valence-electron chi connectivity index (χ4n) is 3.28. The van der Waals surface area contributed by atoms with E-state index in [-0.39, 0.29) is 12.3 Å². The summed E-state index contributed by atoms with van der Waals surface area (Å²) in [5.74, 6) is 1.02. The van der Waals surface area contributed by atoms with Crippen molar-refractivity contribution in [2.45, 2.75) is 25.8 Å². The second-order valence-corrected chi connectivity index (χ2v) is 8.81. The van der Waals surface area contributed by atoms with E-state index in [2.05, 4.69) is 15.5 Å². The molecule has 1 amide bonds.